The number of hydrogen-bond acceptors (Lipinski definition) is 3. The average Bonchev–Trinajstić information content (AvgIpc) is 3.09. The summed E-state index contributed by atoms with van der Waals surface area (Å²) < 4.78 is 0. The second-order valence-electron chi connectivity index (χ2n) is 12.3. The van der Waals surface area contributed by atoms with Crippen LogP contribution in [-0.4, -0.2) is 22.4 Å². The van der Waals surface area contributed by atoms with Gasteiger partial charge >= 0.3 is 0 Å². The molecule has 0 unspecified atom stereocenters. The molecular weight excluding hydrogens is 384 g/mol. The number of rotatable bonds is 4. The summed E-state index contributed by atoms with van der Waals surface area (Å²) in [6.45, 7) is 15.8. The standard InChI is InChI=1S/C28H42O3/c1-18(2)19(3)7-8-20(4)22-9-10-23-25(22,5)13-12-24-26(6)14-11-21(29)17-27(26)15-16-28(23,24)31-30-27/h7-8,15-16,19-24,29H,1,9-14,17H2,2-6H3/b8-7-/t19-,20+,21-,22+,23+,24+,25+,26+,27+,28-/m0/s1. The van der Waals surface area contributed by atoms with E-state index in [0.29, 0.717) is 36.0 Å². The lowest BCUT2D eigenvalue weighted by Gasteiger charge is -2.69. The molecule has 0 aromatic rings. The van der Waals surface area contributed by atoms with Crippen LogP contribution in [0.1, 0.15) is 79.6 Å². The van der Waals surface area contributed by atoms with Crippen molar-refractivity contribution >= 4 is 0 Å². The van der Waals surface area contributed by atoms with E-state index in [9.17, 15) is 5.11 Å². The third-order valence-corrected chi connectivity index (χ3v) is 10.8. The van der Waals surface area contributed by atoms with Gasteiger partial charge in [0.15, 0.2) is 0 Å². The fourth-order valence-electron chi connectivity index (χ4n) is 8.64. The van der Waals surface area contributed by atoms with E-state index in [1.165, 1.54) is 31.3 Å². The molecule has 31 heavy (non-hydrogen) atoms. The maximum atomic E-state index is 10.4. The first kappa shape index (κ1) is 21.9. The number of allylic oxidation sites excluding steroid dienone is 3. The lowest BCUT2D eigenvalue weighted by Crippen LogP contribution is -2.73. The van der Waals surface area contributed by atoms with Gasteiger partial charge in [0.2, 0.25) is 0 Å². The molecule has 0 amide bonds. The minimum absolute atomic E-state index is 0.0566. The van der Waals surface area contributed by atoms with Crippen molar-refractivity contribution < 1.29 is 14.9 Å². The maximum Gasteiger partial charge on any atom is 0.130 e. The van der Waals surface area contributed by atoms with Crippen LogP contribution in [0.2, 0.25) is 0 Å². The molecule has 4 fully saturated rings. The Kier molecular flexibility index (Phi) is 4.98. The van der Waals surface area contributed by atoms with Crippen LogP contribution in [0, 0.1) is 40.4 Å². The Labute approximate surface area is 188 Å². The van der Waals surface area contributed by atoms with E-state index in [1.54, 1.807) is 0 Å². The van der Waals surface area contributed by atoms with E-state index in [1.807, 2.05) is 0 Å². The van der Waals surface area contributed by atoms with Crippen LogP contribution in [0.3, 0.4) is 0 Å². The highest BCUT2D eigenvalue weighted by molar-refractivity contribution is 5.33. The van der Waals surface area contributed by atoms with Gasteiger partial charge in [-0.3, -0.25) is 0 Å². The van der Waals surface area contributed by atoms with Crippen LogP contribution in [0.5, 0.6) is 0 Å². The van der Waals surface area contributed by atoms with Gasteiger partial charge in [-0.1, -0.05) is 58.1 Å². The topological polar surface area (TPSA) is 38.7 Å². The van der Waals surface area contributed by atoms with E-state index in [-0.39, 0.29) is 22.5 Å². The van der Waals surface area contributed by atoms with Gasteiger partial charge < -0.3 is 5.11 Å². The van der Waals surface area contributed by atoms with Crippen molar-refractivity contribution in [3.8, 4) is 0 Å². The van der Waals surface area contributed by atoms with Gasteiger partial charge in [-0.05, 0) is 74.7 Å². The molecule has 2 heterocycles. The van der Waals surface area contributed by atoms with Crippen molar-refractivity contribution in [1.82, 2.24) is 0 Å². The van der Waals surface area contributed by atoms with Crippen LogP contribution in [0.25, 0.3) is 0 Å². The third kappa shape index (κ3) is 2.82. The van der Waals surface area contributed by atoms with Crippen molar-refractivity contribution in [2.75, 3.05) is 0 Å². The number of aliphatic hydroxyl groups is 1. The van der Waals surface area contributed by atoms with Gasteiger partial charge in [-0.2, -0.15) is 0 Å². The van der Waals surface area contributed by atoms with E-state index in [2.05, 4.69) is 65.5 Å². The van der Waals surface area contributed by atoms with Crippen LogP contribution >= 0.6 is 0 Å². The lowest BCUT2D eigenvalue weighted by atomic mass is 9.43. The molecule has 2 spiro atoms. The van der Waals surface area contributed by atoms with E-state index >= 15 is 0 Å². The van der Waals surface area contributed by atoms with Gasteiger partial charge in [-0.15, -0.1) is 0 Å². The molecule has 6 aliphatic rings. The highest BCUT2D eigenvalue weighted by atomic mass is 17.2. The predicted molar refractivity (Wildman–Crippen MR) is 124 cm³/mol. The van der Waals surface area contributed by atoms with E-state index < -0.39 is 5.60 Å². The Morgan fingerprint density at radius 2 is 1.81 bits per heavy atom. The second-order valence-corrected chi connectivity index (χ2v) is 12.3. The van der Waals surface area contributed by atoms with Gasteiger partial charge in [-0.25, -0.2) is 9.78 Å². The molecule has 3 saturated carbocycles. The van der Waals surface area contributed by atoms with Gasteiger partial charge in [0.05, 0.1) is 6.10 Å². The molecule has 172 valence electrons. The third-order valence-electron chi connectivity index (χ3n) is 10.8. The zero-order valence-electron chi connectivity index (χ0n) is 20.2. The zero-order valence-corrected chi connectivity index (χ0v) is 20.2. The summed E-state index contributed by atoms with van der Waals surface area (Å²) in [5, 5.41) is 10.4. The summed E-state index contributed by atoms with van der Waals surface area (Å²) >= 11 is 0. The molecule has 2 aliphatic heterocycles. The highest BCUT2D eigenvalue weighted by Gasteiger charge is 2.74. The molecular formula is C28H42O3. The monoisotopic (exact) mass is 426 g/mol. The number of hydrogen-bond donors (Lipinski definition) is 1. The van der Waals surface area contributed by atoms with Gasteiger partial charge in [0, 0.05) is 23.7 Å². The molecule has 4 aliphatic carbocycles. The van der Waals surface area contributed by atoms with Crippen LogP contribution in [0.15, 0.2) is 36.5 Å². The number of aliphatic hydroxyl groups excluding tert-OH is 1. The van der Waals surface area contributed by atoms with Crippen molar-refractivity contribution in [2.45, 2.75) is 96.9 Å². The largest absolute Gasteiger partial charge is 0.393 e. The summed E-state index contributed by atoms with van der Waals surface area (Å²) in [6, 6.07) is 0. The fourth-order valence-corrected chi connectivity index (χ4v) is 8.64. The summed E-state index contributed by atoms with van der Waals surface area (Å²) in [7, 11) is 0. The lowest BCUT2D eigenvalue weighted by molar-refractivity contribution is -0.497. The molecule has 10 atom stereocenters. The molecule has 0 aromatic carbocycles. The highest BCUT2D eigenvalue weighted by Crippen LogP contribution is 2.72. The first-order valence-corrected chi connectivity index (χ1v) is 12.7. The Morgan fingerprint density at radius 3 is 2.48 bits per heavy atom. The Balaban J connectivity index is 1.46. The van der Waals surface area contributed by atoms with Gasteiger partial charge in [0.1, 0.15) is 11.2 Å². The molecule has 6 rings (SSSR count). The summed E-state index contributed by atoms with van der Waals surface area (Å²) in [5.41, 5.74) is 0.809. The van der Waals surface area contributed by atoms with E-state index in [0.717, 1.165) is 12.8 Å². The molecule has 1 N–H and O–H groups in total. The maximum absolute atomic E-state index is 10.4. The normalized spacial score (nSPS) is 52.5. The Hall–Kier alpha value is -0.900. The predicted octanol–water partition coefficient (Wildman–Crippen LogP) is 6.39. The zero-order chi connectivity index (χ0) is 22.2. The first-order chi connectivity index (χ1) is 14.6. The van der Waals surface area contributed by atoms with Crippen LogP contribution in [0.4, 0.5) is 0 Å². The second kappa shape index (κ2) is 7.05. The summed E-state index contributed by atoms with van der Waals surface area (Å²) in [6.07, 6.45) is 16.7. The molecule has 3 nitrogen and oxygen atoms in total. The molecule has 0 aromatic heterocycles. The fraction of sp³-hybridized carbons (Fsp3) is 0.786. The van der Waals surface area contributed by atoms with E-state index in [4.69, 9.17) is 9.78 Å². The smallest absolute Gasteiger partial charge is 0.130 e. The SMILES string of the molecule is C=C(C)[C@@H](C)/C=C\[C@@H](C)[C@H]1CC[C@@H]2[C@]1(C)CC[C@H]1[C@]23C=C[C@]2(C[C@@H](O)CC[C@]12C)OO3. The molecule has 1 saturated heterocycles. The quantitative estimate of drug-likeness (QED) is 0.418. The molecule has 2 bridgehead atoms. The summed E-state index contributed by atoms with van der Waals surface area (Å²) in [4.78, 5) is 12.7. The first-order valence-electron chi connectivity index (χ1n) is 12.7. The van der Waals surface area contributed by atoms with Crippen LogP contribution in [-0.2, 0) is 9.78 Å². The van der Waals surface area contributed by atoms with Crippen molar-refractivity contribution in [2.24, 2.45) is 40.4 Å². The Bertz CT molecular complexity index is 815. The van der Waals surface area contributed by atoms with Crippen LogP contribution < -0.4 is 0 Å². The molecule has 3 heteroatoms. The number of fused-ring (bicyclic) bond motifs is 2. The summed E-state index contributed by atoms with van der Waals surface area (Å²) in [5.74, 6) is 2.65. The van der Waals surface area contributed by atoms with Crippen molar-refractivity contribution in [1.29, 1.82) is 0 Å². The van der Waals surface area contributed by atoms with Crippen molar-refractivity contribution in [3.63, 3.8) is 0 Å². The average molecular weight is 427 g/mol. The van der Waals surface area contributed by atoms with Crippen molar-refractivity contribution in [3.05, 3.63) is 36.5 Å². The minimum atomic E-state index is -0.447. The van der Waals surface area contributed by atoms with Gasteiger partial charge in [0.25, 0.3) is 0 Å². The molecule has 0 radical (unpaired) electrons. The Morgan fingerprint density at radius 1 is 1.03 bits per heavy atom. The minimum Gasteiger partial charge on any atom is -0.393 e.